The van der Waals surface area contributed by atoms with Crippen molar-refractivity contribution in [1.29, 1.82) is 0 Å². The monoisotopic (exact) mass is 355 g/mol. The molecule has 0 spiro atoms. The van der Waals surface area contributed by atoms with Crippen molar-refractivity contribution in [2.75, 3.05) is 0 Å². The van der Waals surface area contributed by atoms with E-state index in [1.165, 1.54) is 47.9 Å². The van der Waals surface area contributed by atoms with E-state index >= 15 is 0 Å². The lowest BCUT2D eigenvalue weighted by molar-refractivity contribution is 0.750. The largest absolute Gasteiger partial charge is 0.357 e. The van der Waals surface area contributed by atoms with Crippen LogP contribution in [0, 0.1) is 0 Å². The zero-order valence-corrected chi connectivity index (χ0v) is 15.9. The summed E-state index contributed by atoms with van der Waals surface area (Å²) in [7, 11) is 0. The minimum Gasteiger partial charge on any atom is -0.357 e. The number of hydrogen-bond acceptors (Lipinski definition) is 1. The Bertz CT molecular complexity index is 1260. The molecular weight excluding hydrogens is 334 g/mol. The zero-order valence-electron chi connectivity index (χ0n) is 15.1. The Hall–Kier alpha value is -2.32. The van der Waals surface area contributed by atoms with E-state index in [1.807, 2.05) is 11.3 Å². The maximum absolute atomic E-state index is 3.87. The average Bonchev–Trinajstić information content (AvgIpc) is 3.21. The molecule has 2 heterocycles. The second kappa shape index (κ2) is 5.11. The second-order valence-electron chi connectivity index (χ2n) is 7.91. The van der Waals surface area contributed by atoms with Crippen molar-refractivity contribution in [1.82, 2.24) is 4.98 Å². The molecule has 4 aromatic rings. The van der Waals surface area contributed by atoms with Crippen molar-refractivity contribution < 1.29 is 0 Å². The van der Waals surface area contributed by atoms with E-state index in [-0.39, 0.29) is 0 Å². The van der Waals surface area contributed by atoms with Crippen LogP contribution in [0.1, 0.15) is 60.9 Å². The Kier molecular flexibility index (Phi) is 2.91. The lowest BCUT2D eigenvalue weighted by atomic mass is 9.83. The fraction of sp³-hybridized carbons (Fsp3) is 0.250. The molecular formula is C24H21NS. The number of fused-ring (bicyclic) bond motifs is 10. The van der Waals surface area contributed by atoms with Crippen LogP contribution in [-0.2, 0) is 0 Å². The number of hydrogen-bond donors (Lipinski definition) is 1. The number of rotatable bonds is 0. The maximum Gasteiger partial charge on any atom is 0.0563 e. The third kappa shape index (κ3) is 1.76. The van der Waals surface area contributed by atoms with Gasteiger partial charge in [-0.05, 0) is 36.0 Å². The van der Waals surface area contributed by atoms with Gasteiger partial charge in [-0.25, -0.2) is 0 Å². The summed E-state index contributed by atoms with van der Waals surface area (Å²) < 4.78 is 2.89. The lowest BCUT2D eigenvalue weighted by Crippen LogP contribution is -2.02. The third-order valence-electron chi connectivity index (χ3n) is 6.25. The summed E-state index contributed by atoms with van der Waals surface area (Å²) in [5.41, 5.74) is 7.20. The molecule has 2 unspecified atom stereocenters. The molecule has 0 bridgehead atoms. The molecule has 0 fully saturated rings. The van der Waals surface area contributed by atoms with Gasteiger partial charge in [0.15, 0.2) is 0 Å². The summed E-state index contributed by atoms with van der Waals surface area (Å²) in [4.78, 5) is 3.87. The number of aromatic nitrogens is 1. The van der Waals surface area contributed by atoms with Crippen LogP contribution in [0.4, 0.5) is 0 Å². The fourth-order valence-electron chi connectivity index (χ4n) is 4.98. The molecule has 6 rings (SSSR count). The quantitative estimate of drug-likeness (QED) is 0.335. The Morgan fingerprint density at radius 2 is 1.69 bits per heavy atom. The molecule has 0 saturated carbocycles. The van der Waals surface area contributed by atoms with E-state index in [4.69, 9.17) is 0 Å². The highest BCUT2D eigenvalue weighted by Crippen LogP contribution is 2.49. The summed E-state index contributed by atoms with van der Waals surface area (Å²) in [5, 5.41) is 4.28. The van der Waals surface area contributed by atoms with Gasteiger partial charge in [0.1, 0.15) is 0 Å². The van der Waals surface area contributed by atoms with Crippen molar-refractivity contribution in [3.63, 3.8) is 0 Å². The van der Waals surface area contributed by atoms with Crippen molar-refractivity contribution in [3.8, 4) is 0 Å². The Morgan fingerprint density at radius 3 is 2.58 bits per heavy atom. The molecule has 26 heavy (non-hydrogen) atoms. The van der Waals surface area contributed by atoms with E-state index in [9.17, 15) is 0 Å². The smallest absolute Gasteiger partial charge is 0.0563 e. The second-order valence-corrected chi connectivity index (χ2v) is 8.96. The summed E-state index contributed by atoms with van der Waals surface area (Å²) in [5.74, 6) is 1.13. The third-order valence-corrected chi connectivity index (χ3v) is 7.46. The van der Waals surface area contributed by atoms with Crippen molar-refractivity contribution >= 4 is 54.6 Å². The highest BCUT2D eigenvalue weighted by molar-refractivity contribution is 7.26. The molecule has 0 radical (unpaired) electrons. The van der Waals surface area contributed by atoms with Crippen LogP contribution in [-0.4, -0.2) is 4.98 Å². The fourth-order valence-corrected chi connectivity index (χ4v) is 6.36. The summed E-state index contributed by atoms with van der Waals surface area (Å²) in [6.07, 6.45) is 11.7. The summed E-state index contributed by atoms with van der Waals surface area (Å²) in [6.45, 7) is 4.72. The van der Waals surface area contributed by atoms with Crippen molar-refractivity contribution in [3.05, 3.63) is 58.8 Å². The maximum atomic E-state index is 3.87. The first-order valence-electron chi connectivity index (χ1n) is 9.59. The standard InChI is InChI=1S/C24H21NS/c1-13-7-5-10-16-19(13)24-21(15-9-3-4-12-18(15)26-24)23-20(16)17-11-6-8-14(2)22(17)25-23/h3-6,9-14,25H,7-8H2,1-2H3. The van der Waals surface area contributed by atoms with Crippen molar-refractivity contribution in [2.24, 2.45) is 0 Å². The van der Waals surface area contributed by atoms with Gasteiger partial charge in [0, 0.05) is 42.7 Å². The molecule has 0 saturated heterocycles. The lowest BCUT2D eigenvalue weighted by Gasteiger charge is -2.21. The predicted octanol–water partition coefficient (Wildman–Crippen LogP) is 7.58. The van der Waals surface area contributed by atoms with Gasteiger partial charge in [0.25, 0.3) is 0 Å². The first-order valence-corrected chi connectivity index (χ1v) is 10.4. The minimum atomic E-state index is 0.558. The van der Waals surface area contributed by atoms with Crippen LogP contribution in [0.2, 0.25) is 0 Å². The van der Waals surface area contributed by atoms with Crippen LogP contribution < -0.4 is 0 Å². The molecule has 1 nitrogen and oxygen atoms in total. The van der Waals surface area contributed by atoms with Gasteiger partial charge in [-0.3, -0.25) is 0 Å². The number of H-pyrrole nitrogens is 1. The first-order chi connectivity index (χ1) is 12.7. The van der Waals surface area contributed by atoms with Crippen LogP contribution in [0.3, 0.4) is 0 Å². The predicted molar refractivity (Wildman–Crippen MR) is 115 cm³/mol. The number of nitrogens with one attached hydrogen (secondary N) is 1. The highest BCUT2D eigenvalue weighted by atomic mass is 32.1. The minimum absolute atomic E-state index is 0.558. The Labute approximate surface area is 157 Å². The molecule has 2 aromatic carbocycles. The molecule has 2 aliphatic carbocycles. The average molecular weight is 356 g/mol. The van der Waals surface area contributed by atoms with Gasteiger partial charge in [-0.1, -0.05) is 56.4 Å². The van der Waals surface area contributed by atoms with Crippen LogP contribution in [0.5, 0.6) is 0 Å². The summed E-state index contributed by atoms with van der Waals surface area (Å²) >= 11 is 1.97. The van der Waals surface area contributed by atoms with Gasteiger partial charge in [0.05, 0.1) is 5.52 Å². The molecule has 2 atom stereocenters. The highest BCUT2D eigenvalue weighted by Gasteiger charge is 2.27. The van der Waals surface area contributed by atoms with E-state index in [0.717, 1.165) is 12.8 Å². The number of thiophene rings is 1. The van der Waals surface area contributed by atoms with Gasteiger partial charge >= 0.3 is 0 Å². The van der Waals surface area contributed by atoms with Gasteiger partial charge in [-0.15, -0.1) is 11.3 Å². The molecule has 2 aliphatic rings. The number of benzene rings is 2. The summed E-state index contributed by atoms with van der Waals surface area (Å²) in [6, 6.07) is 8.90. The normalized spacial score (nSPS) is 21.6. The molecule has 128 valence electrons. The topological polar surface area (TPSA) is 15.8 Å². The number of allylic oxidation sites excluding steroid dienone is 2. The van der Waals surface area contributed by atoms with Gasteiger partial charge < -0.3 is 4.98 Å². The molecule has 2 aromatic heterocycles. The van der Waals surface area contributed by atoms with Crippen LogP contribution in [0.25, 0.3) is 43.2 Å². The Morgan fingerprint density at radius 1 is 0.923 bits per heavy atom. The van der Waals surface area contributed by atoms with E-state index in [2.05, 4.69) is 67.4 Å². The van der Waals surface area contributed by atoms with Gasteiger partial charge in [0.2, 0.25) is 0 Å². The Balaban J connectivity index is 1.93. The SMILES string of the molecule is CC1CC=Cc2c1[nH]c1c2c2c(c3sc4ccccc4c31)C(C)CC=C2. The van der Waals surface area contributed by atoms with Crippen LogP contribution >= 0.6 is 11.3 Å². The zero-order chi connectivity index (χ0) is 17.4. The molecule has 0 aliphatic heterocycles. The van der Waals surface area contributed by atoms with E-state index in [0.29, 0.717) is 11.8 Å². The molecule has 2 heteroatoms. The van der Waals surface area contributed by atoms with E-state index in [1.54, 1.807) is 5.56 Å². The molecule has 1 N–H and O–H groups in total. The first kappa shape index (κ1) is 14.8. The molecule has 0 amide bonds. The number of aromatic amines is 1. The van der Waals surface area contributed by atoms with Gasteiger partial charge in [-0.2, -0.15) is 0 Å². The van der Waals surface area contributed by atoms with Crippen molar-refractivity contribution in [2.45, 2.75) is 38.5 Å². The van der Waals surface area contributed by atoms with Crippen LogP contribution in [0.15, 0.2) is 36.4 Å². The van der Waals surface area contributed by atoms with E-state index < -0.39 is 0 Å².